The van der Waals surface area contributed by atoms with Gasteiger partial charge in [-0.3, -0.25) is 4.79 Å². The summed E-state index contributed by atoms with van der Waals surface area (Å²) in [7, 11) is 3.70. The van der Waals surface area contributed by atoms with Crippen LogP contribution in [0.4, 0.5) is 0 Å². The van der Waals surface area contributed by atoms with Crippen LogP contribution >= 0.6 is 0 Å². The standard InChI is InChI=1S/C8H15NO2.C3H5NO/c1-5-7(9(3)4)6(2)8(10)11;1-2-3(4)5/h5H2,1-4H3,(H,10,11);2H,1H2,(H2,4,5)/b7-6+;. The highest BCUT2D eigenvalue weighted by molar-refractivity contribution is 5.86. The Morgan fingerprint density at radius 2 is 1.81 bits per heavy atom. The number of rotatable bonds is 4. The van der Waals surface area contributed by atoms with Crippen LogP contribution in [0.1, 0.15) is 20.3 Å². The first kappa shape index (κ1) is 16.6. The van der Waals surface area contributed by atoms with E-state index in [1.165, 1.54) is 0 Å². The highest BCUT2D eigenvalue weighted by Gasteiger charge is 2.08. The minimum Gasteiger partial charge on any atom is -0.478 e. The lowest BCUT2D eigenvalue weighted by molar-refractivity contribution is -0.132. The van der Waals surface area contributed by atoms with Crippen molar-refractivity contribution in [2.24, 2.45) is 5.73 Å². The molecule has 0 saturated heterocycles. The molecule has 0 unspecified atom stereocenters. The van der Waals surface area contributed by atoms with Gasteiger partial charge in [0, 0.05) is 19.8 Å². The van der Waals surface area contributed by atoms with E-state index in [2.05, 4.69) is 12.3 Å². The van der Waals surface area contributed by atoms with Crippen LogP contribution in [0, 0.1) is 0 Å². The van der Waals surface area contributed by atoms with E-state index in [-0.39, 0.29) is 0 Å². The van der Waals surface area contributed by atoms with Crippen molar-refractivity contribution in [2.45, 2.75) is 20.3 Å². The lowest BCUT2D eigenvalue weighted by Gasteiger charge is -2.17. The van der Waals surface area contributed by atoms with Gasteiger partial charge in [0.2, 0.25) is 5.91 Å². The van der Waals surface area contributed by atoms with Crippen LogP contribution in [0.25, 0.3) is 0 Å². The van der Waals surface area contributed by atoms with E-state index in [9.17, 15) is 9.59 Å². The van der Waals surface area contributed by atoms with Crippen molar-refractivity contribution >= 4 is 11.9 Å². The summed E-state index contributed by atoms with van der Waals surface area (Å²) in [4.78, 5) is 21.8. The Morgan fingerprint density at radius 3 is 1.88 bits per heavy atom. The first-order valence-electron chi connectivity index (χ1n) is 4.80. The van der Waals surface area contributed by atoms with Crippen LogP contribution in [0.5, 0.6) is 0 Å². The molecule has 16 heavy (non-hydrogen) atoms. The average molecular weight is 228 g/mol. The Balaban J connectivity index is 0. The molecule has 0 aliphatic rings. The van der Waals surface area contributed by atoms with Crippen molar-refractivity contribution in [3.05, 3.63) is 23.9 Å². The van der Waals surface area contributed by atoms with Crippen molar-refractivity contribution in [3.63, 3.8) is 0 Å². The molecular formula is C11H20N2O3. The molecule has 0 aromatic rings. The smallest absolute Gasteiger partial charge is 0.333 e. The summed E-state index contributed by atoms with van der Waals surface area (Å²) in [5.41, 5.74) is 5.84. The fraction of sp³-hybridized carbons (Fsp3) is 0.455. The molecule has 0 bridgehead atoms. The largest absolute Gasteiger partial charge is 0.478 e. The van der Waals surface area contributed by atoms with E-state index in [4.69, 9.17) is 5.11 Å². The summed E-state index contributed by atoms with van der Waals surface area (Å²) in [6, 6.07) is 0. The van der Waals surface area contributed by atoms with Gasteiger partial charge in [0.05, 0.1) is 5.57 Å². The lowest BCUT2D eigenvalue weighted by atomic mass is 10.2. The molecule has 1 amide bonds. The number of hydrogen-bond acceptors (Lipinski definition) is 3. The number of carbonyl (C=O) groups excluding carboxylic acids is 1. The maximum absolute atomic E-state index is 10.5. The second kappa shape index (κ2) is 8.52. The first-order chi connectivity index (χ1) is 7.27. The van der Waals surface area contributed by atoms with Gasteiger partial charge in [-0.1, -0.05) is 13.5 Å². The van der Waals surface area contributed by atoms with E-state index >= 15 is 0 Å². The molecule has 0 spiro atoms. The van der Waals surface area contributed by atoms with Gasteiger partial charge in [-0.15, -0.1) is 0 Å². The summed E-state index contributed by atoms with van der Waals surface area (Å²) in [5.74, 6) is -1.32. The molecule has 0 fully saturated rings. The van der Waals surface area contributed by atoms with Crippen LogP contribution in [0.2, 0.25) is 0 Å². The second-order valence-electron chi connectivity index (χ2n) is 3.23. The highest BCUT2D eigenvalue weighted by atomic mass is 16.4. The van der Waals surface area contributed by atoms with Crippen molar-refractivity contribution in [1.82, 2.24) is 4.90 Å². The molecule has 0 aliphatic carbocycles. The Kier molecular flexibility index (Phi) is 8.86. The SMILES string of the molecule is C=CC(N)=O.CC/C(=C(/C)C(=O)O)N(C)C. The second-order valence-corrected chi connectivity index (χ2v) is 3.23. The molecule has 92 valence electrons. The number of primary amides is 1. The number of carboxylic acid groups (broad SMARTS) is 1. The van der Waals surface area contributed by atoms with Gasteiger partial charge in [0.15, 0.2) is 0 Å². The highest BCUT2D eigenvalue weighted by Crippen LogP contribution is 2.10. The monoisotopic (exact) mass is 228 g/mol. The molecule has 0 aromatic heterocycles. The van der Waals surface area contributed by atoms with Crippen LogP contribution < -0.4 is 5.73 Å². The number of carbonyl (C=O) groups is 2. The number of nitrogens with zero attached hydrogens (tertiary/aromatic N) is 1. The number of amides is 1. The van der Waals surface area contributed by atoms with Crippen molar-refractivity contribution < 1.29 is 14.7 Å². The molecule has 3 N–H and O–H groups in total. The first-order valence-corrected chi connectivity index (χ1v) is 4.80. The van der Waals surface area contributed by atoms with Gasteiger partial charge in [-0.2, -0.15) is 0 Å². The van der Waals surface area contributed by atoms with Crippen LogP contribution in [0.15, 0.2) is 23.9 Å². The Morgan fingerprint density at radius 1 is 1.44 bits per heavy atom. The zero-order valence-corrected chi connectivity index (χ0v) is 10.3. The molecule has 0 aliphatic heterocycles. The molecular weight excluding hydrogens is 208 g/mol. The summed E-state index contributed by atoms with van der Waals surface area (Å²) in [6.07, 6.45) is 1.81. The topological polar surface area (TPSA) is 83.6 Å². The minimum atomic E-state index is -0.837. The molecule has 0 radical (unpaired) electrons. The van der Waals surface area contributed by atoms with Crippen molar-refractivity contribution in [3.8, 4) is 0 Å². The maximum Gasteiger partial charge on any atom is 0.333 e. The van der Waals surface area contributed by atoms with E-state index in [0.717, 1.165) is 18.2 Å². The minimum absolute atomic E-state index is 0.428. The predicted octanol–water partition coefficient (Wildman–Crippen LogP) is 0.974. The van der Waals surface area contributed by atoms with Crippen molar-refractivity contribution in [1.29, 1.82) is 0 Å². The van der Waals surface area contributed by atoms with Gasteiger partial charge < -0.3 is 15.7 Å². The average Bonchev–Trinajstić information content (AvgIpc) is 2.18. The molecule has 0 rings (SSSR count). The van der Waals surface area contributed by atoms with E-state index in [1.54, 1.807) is 6.92 Å². The van der Waals surface area contributed by atoms with Crippen LogP contribution in [-0.2, 0) is 9.59 Å². The fourth-order valence-electron chi connectivity index (χ4n) is 1.04. The third kappa shape index (κ3) is 7.61. The maximum atomic E-state index is 10.5. The fourth-order valence-corrected chi connectivity index (χ4v) is 1.04. The number of allylic oxidation sites excluding steroid dienone is 1. The summed E-state index contributed by atoms with van der Waals surface area (Å²) in [5, 5.41) is 8.65. The molecule has 0 atom stereocenters. The summed E-state index contributed by atoms with van der Waals surface area (Å²) in [6.45, 7) is 6.66. The van der Waals surface area contributed by atoms with Gasteiger partial charge in [0.1, 0.15) is 0 Å². The zero-order valence-electron chi connectivity index (χ0n) is 10.3. The number of hydrogen-bond donors (Lipinski definition) is 2. The van der Waals surface area contributed by atoms with Gasteiger partial charge in [0.25, 0.3) is 0 Å². The third-order valence-corrected chi connectivity index (χ3v) is 1.83. The predicted molar refractivity (Wildman–Crippen MR) is 63.7 cm³/mol. The van der Waals surface area contributed by atoms with Crippen LogP contribution in [0.3, 0.4) is 0 Å². The summed E-state index contributed by atoms with van der Waals surface area (Å²) < 4.78 is 0. The molecule has 0 aromatic carbocycles. The normalized spacial score (nSPS) is 10.5. The summed E-state index contributed by atoms with van der Waals surface area (Å²) >= 11 is 0. The number of carboxylic acids is 1. The quantitative estimate of drug-likeness (QED) is 0.702. The lowest BCUT2D eigenvalue weighted by Crippen LogP contribution is -2.15. The van der Waals surface area contributed by atoms with E-state index < -0.39 is 11.9 Å². The third-order valence-electron chi connectivity index (χ3n) is 1.83. The Labute approximate surface area is 96.2 Å². The Hall–Kier alpha value is -1.78. The van der Waals surface area contributed by atoms with E-state index in [0.29, 0.717) is 5.57 Å². The molecule has 0 heterocycles. The Bertz CT molecular complexity index is 294. The molecule has 0 saturated carbocycles. The molecule has 5 heteroatoms. The number of nitrogens with two attached hydrogens (primary N) is 1. The van der Waals surface area contributed by atoms with Gasteiger partial charge >= 0.3 is 5.97 Å². The van der Waals surface area contributed by atoms with Gasteiger partial charge in [-0.25, -0.2) is 4.79 Å². The van der Waals surface area contributed by atoms with Crippen molar-refractivity contribution in [2.75, 3.05) is 14.1 Å². The van der Waals surface area contributed by atoms with Crippen LogP contribution in [-0.4, -0.2) is 36.0 Å². The molecule has 5 nitrogen and oxygen atoms in total. The zero-order chi connectivity index (χ0) is 13.3. The van der Waals surface area contributed by atoms with E-state index in [1.807, 2.05) is 25.9 Å². The van der Waals surface area contributed by atoms with Gasteiger partial charge in [-0.05, 0) is 19.4 Å². The number of aliphatic carboxylic acids is 1.